The largest absolute Gasteiger partial charge is 0.413 e. The molecular weight excluding hydrogens is 154 g/mol. The minimum atomic E-state index is -1.28. The van der Waals surface area contributed by atoms with Crippen LogP contribution < -0.4 is 5.32 Å². The first kappa shape index (κ1) is 9.23. The van der Waals surface area contributed by atoms with Crippen LogP contribution in [0.15, 0.2) is 0 Å². The molecule has 0 saturated carbocycles. The fraction of sp³-hybridized carbons (Fsp3) is 1.00. The molecule has 0 aromatic rings. The lowest BCUT2D eigenvalue weighted by Crippen LogP contribution is -2.41. The molecule has 2 nitrogen and oxygen atoms in total. The fourth-order valence-corrected chi connectivity index (χ4v) is 2.62. The van der Waals surface area contributed by atoms with Crippen molar-refractivity contribution < 1.29 is 4.43 Å². The highest BCUT2D eigenvalue weighted by atomic mass is 28.4. The first-order chi connectivity index (χ1) is 5.08. The molecule has 0 amide bonds. The Hall–Kier alpha value is 0.137. The molecule has 0 aromatic carbocycles. The van der Waals surface area contributed by atoms with Gasteiger partial charge in [0.2, 0.25) is 0 Å². The zero-order valence-corrected chi connectivity index (χ0v) is 8.81. The molecule has 1 rings (SSSR count). The lowest BCUT2D eigenvalue weighted by atomic mass is 10.1. The van der Waals surface area contributed by atoms with Crippen molar-refractivity contribution in [2.24, 2.45) is 0 Å². The Labute approximate surface area is 70.5 Å². The number of rotatable bonds is 2. The maximum absolute atomic E-state index is 5.96. The van der Waals surface area contributed by atoms with Crippen LogP contribution in [0.25, 0.3) is 0 Å². The molecule has 1 atom stereocenters. The predicted octanol–water partition coefficient (Wildman–Crippen LogP) is 1.59. The van der Waals surface area contributed by atoms with E-state index in [4.69, 9.17) is 4.43 Å². The van der Waals surface area contributed by atoms with E-state index in [0.717, 1.165) is 6.54 Å². The highest BCUT2D eigenvalue weighted by Crippen LogP contribution is 2.12. The van der Waals surface area contributed by atoms with Gasteiger partial charge in [0.15, 0.2) is 8.32 Å². The molecule has 1 fully saturated rings. The van der Waals surface area contributed by atoms with Gasteiger partial charge >= 0.3 is 0 Å². The summed E-state index contributed by atoms with van der Waals surface area (Å²) in [5.41, 5.74) is 0. The Balaban J connectivity index is 2.24. The predicted molar refractivity (Wildman–Crippen MR) is 50.3 cm³/mol. The summed E-state index contributed by atoms with van der Waals surface area (Å²) in [6.45, 7) is 8.99. The van der Waals surface area contributed by atoms with Gasteiger partial charge in [-0.2, -0.15) is 0 Å². The first-order valence-electron chi connectivity index (χ1n) is 4.46. The lowest BCUT2D eigenvalue weighted by Gasteiger charge is -2.29. The van der Waals surface area contributed by atoms with E-state index in [0.29, 0.717) is 6.10 Å². The van der Waals surface area contributed by atoms with E-state index in [2.05, 4.69) is 25.0 Å². The van der Waals surface area contributed by atoms with Crippen molar-refractivity contribution in [3.05, 3.63) is 0 Å². The molecule has 3 heteroatoms. The van der Waals surface area contributed by atoms with Crippen molar-refractivity contribution in [2.75, 3.05) is 13.1 Å². The number of piperidine rings is 1. The van der Waals surface area contributed by atoms with E-state index < -0.39 is 8.32 Å². The summed E-state index contributed by atoms with van der Waals surface area (Å²) in [5.74, 6) is 0. The van der Waals surface area contributed by atoms with Crippen LogP contribution in [0, 0.1) is 0 Å². The van der Waals surface area contributed by atoms with E-state index in [1.165, 1.54) is 19.4 Å². The van der Waals surface area contributed by atoms with E-state index in [1.807, 2.05) is 0 Å². The Kier molecular flexibility index (Phi) is 3.10. The van der Waals surface area contributed by atoms with Gasteiger partial charge in [-0.1, -0.05) is 0 Å². The number of hydrogen-bond acceptors (Lipinski definition) is 2. The van der Waals surface area contributed by atoms with Crippen molar-refractivity contribution in [1.82, 2.24) is 5.32 Å². The third-order valence-electron chi connectivity index (χ3n) is 1.77. The summed E-state index contributed by atoms with van der Waals surface area (Å²) < 4.78 is 5.96. The van der Waals surface area contributed by atoms with Crippen molar-refractivity contribution in [1.29, 1.82) is 0 Å². The van der Waals surface area contributed by atoms with Gasteiger partial charge in [0.1, 0.15) is 0 Å². The summed E-state index contributed by atoms with van der Waals surface area (Å²) in [6, 6.07) is 0. The first-order valence-corrected chi connectivity index (χ1v) is 7.87. The standard InChI is InChI=1S/C8H19NOSi/c1-11(2,3)10-8-5-4-6-9-7-8/h8-9H,4-7H2,1-3H3. The molecule has 1 unspecified atom stereocenters. The molecule has 1 aliphatic heterocycles. The molecule has 0 aliphatic carbocycles. The highest BCUT2D eigenvalue weighted by molar-refractivity contribution is 6.69. The van der Waals surface area contributed by atoms with Gasteiger partial charge in [-0.05, 0) is 39.0 Å². The average molecular weight is 173 g/mol. The number of nitrogens with one attached hydrogen (secondary N) is 1. The minimum Gasteiger partial charge on any atom is -0.413 e. The molecule has 0 bridgehead atoms. The smallest absolute Gasteiger partial charge is 0.184 e. The van der Waals surface area contributed by atoms with Crippen LogP contribution in [0.4, 0.5) is 0 Å². The normalized spacial score (nSPS) is 27.0. The van der Waals surface area contributed by atoms with Crippen molar-refractivity contribution in [2.45, 2.75) is 38.6 Å². The van der Waals surface area contributed by atoms with Gasteiger partial charge in [0.05, 0.1) is 6.10 Å². The fourth-order valence-electron chi connectivity index (χ4n) is 1.42. The second-order valence-electron chi connectivity index (χ2n) is 4.20. The van der Waals surface area contributed by atoms with E-state index in [9.17, 15) is 0 Å². The molecule has 0 spiro atoms. The second kappa shape index (κ2) is 3.69. The quantitative estimate of drug-likeness (QED) is 0.640. The summed E-state index contributed by atoms with van der Waals surface area (Å²) in [6.07, 6.45) is 3.02. The second-order valence-corrected chi connectivity index (χ2v) is 8.66. The average Bonchev–Trinajstić information content (AvgIpc) is 1.85. The van der Waals surface area contributed by atoms with Gasteiger partial charge in [-0.15, -0.1) is 0 Å². The van der Waals surface area contributed by atoms with Gasteiger partial charge in [0, 0.05) is 6.54 Å². The summed E-state index contributed by atoms with van der Waals surface area (Å²) in [7, 11) is -1.28. The lowest BCUT2D eigenvalue weighted by molar-refractivity contribution is 0.160. The summed E-state index contributed by atoms with van der Waals surface area (Å²) >= 11 is 0. The van der Waals surface area contributed by atoms with Crippen LogP contribution in [-0.2, 0) is 4.43 Å². The molecule has 0 radical (unpaired) electrons. The van der Waals surface area contributed by atoms with Crippen LogP contribution in [0.3, 0.4) is 0 Å². The molecule has 11 heavy (non-hydrogen) atoms. The van der Waals surface area contributed by atoms with Gasteiger partial charge < -0.3 is 9.74 Å². The third-order valence-corrected chi connectivity index (χ3v) is 2.81. The van der Waals surface area contributed by atoms with E-state index in [1.54, 1.807) is 0 Å². The zero-order chi connectivity index (χ0) is 8.32. The summed E-state index contributed by atoms with van der Waals surface area (Å²) in [5, 5.41) is 3.35. The van der Waals surface area contributed by atoms with Crippen molar-refractivity contribution >= 4 is 8.32 Å². The van der Waals surface area contributed by atoms with Gasteiger partial charge in [0.25, 0.3) is 0 Å². The molecule has 1 aliphatic rings. The van der Waals surface area contributed by atoms with Crippen molar-refractivity contribution in [3.63, 3.8) is 0 Å². The maximum atomic E-state index is 5.96. The number of hydrogen-bond donors (Lipinski definition) is 1. The van der Waals surface area contributed by atoms with Crippen LogP contribution in [0.2, 0.25) is 19.6 Å². The van der Waals surface area contributed by atoms with Crippen LogP contribution in [0.1, 0.15) is 12.8 Å². The van der Waals surface area contributed by atoms with Crippen LogP contribution >= 0.6 is 0 Å². The molecular formula is C8H19NOSi. The van der Waals surface area contributed by atoms with Gasteiger partial charge in [-0.25, -0.2) is 0 Å². The summed E-state index contributed by atoms with van der Waals surface area (Å²) in [4.78, 5) is 0. The highest BCUT2D eigenvalue weighted by Gasteiger charge is 2.22. The molecule has 66 valence electrons. The molecule has 1 N–H and O–H groups in total. The van der Waals surface area contributed by atoms with Crippen molar-refractivity contribution in [3.8, 4) is 0 Å². The Bertz CT molecular complexity index is 116. The third kappa shape index (κ3) is 3.89. The zero-order valence-electron chi connectivity index (χ0n) is 7.81. The van der Waals surface area contributed by atoms with Gasteiger partial charge in [-0.3, -0.25) is 0 Å². The molecule has 1 saturated heterocycles. The topological polar surface area (TPSA) is 21.3 Å². The maximum Gasteiger partial charge on any atom is 0.184 e. The van der Waals surface area contributed by atoms with E-state index >= 15 is 0 Å². The molecule has 0 aromatic heterocycles. The Morgan fingerprint density at radius 2 is 2.09 bits per heavy atom. The monoisotopic (exact) mass is 173 g/mol. The molecule has 1 heterocycles. The minimum absolute atomic E-state index is 0.496. The van der Waals surface area contributed by atoms with E-state index in [-0.39, 0.29) is 0 Å². The Morgan fingerprint density at radius 1 is 1.36 bits per heavy atom. The SMILES string of the molecule is C[Si](C)(C)OC1CCCNC1. The Morgan fingerprint density at radius 3 is 2.55 bits per heavy atom. The van der Waals surface area contributed by atoms with Crippen LogP contribution in [0.5, 0.6) is 0 Å². The van der Waals surface area contributed by atoms with Crippen LogP contribution in [-0.4, -0.2) is 27.5 Å².